The van der Waals surface area contributed by atoms with Crippen molar-refractivity contribution < 1.29 is 23.8 Å². The number of amides is 1. The summed E-state index contributed by atoms with van der Waals surface area (Å²) >= 11 is 0. The van der Waals surface area contributed by atoms with Gasteiger partial charge in [-0.2, -0.15) is 0 Å². The van der Waals surface area contributed by atoms with Gasteiger partial charge in [-0.25, -0.2) is 14.0 Å². The molecule has 0 aliphatic heterocycles. The highest BCUT2D eigenvalue weighted by molar-refractivity contribution is 5.90. The van der Waals surface area contributed by atoms with Gasteiger partial charge in [0.2, 0.25) is 5.88 Å². The van der Waals surface area contributed by atoms with Crippen molar-refractivity contribution in [2.24, 2.45) is 0 Å². The Morgan fingerprint density at radius 1 is 1.17 bits per heavy atom. The second kappa shape index (κ2) is 8.26. The summed E-state index contributed by atoms with van der Waals surface area (Å²) in [5.41, 5.74) is 0.331. The topological polar surface area (TPSA) is 104 Å². The molecule has 1 amide bonds. The van der Waals surface area contributed by atoms with E-state index in [2.05, 4.69) is 15.5 Å². The molecular formula is C20H28N4O5. The Balaban J connectivity index is 1.83. The van der Waals surface area contributed by atoms with Crippen molar-refractivity contribution in [3.05, 3.63) is 23.5 Å². The van der Waals surface area contributed by atoms with Crippen LogP contribution >= 0.6 is 0 Å². The molecule has 2 heterocycles. The van der Waals surface area contributed by atoms with Crippen LogP contribution in [0.4, 0.5) is 4.79 Å². The number of pyridine rings is 1. The maximum absolute atomic E-state index is 12.1. The summed E-state index contributed by atoms with van der Waals surface area (Å²) in [4.78, 5) is 24.0. The van der Waals surface area contributed by atoms with Crippen LogP contribution in [-0.2, 0) is 9.47 Å². The Hall–Kier alpha value is -2.84. The van der Waals surface area contributed by atoms with E-state index in [0.717, 1.165) is 31.5 Å². The summed E-state index contributed by atoms with van der Waals surface area (Å²) in [6.07, 6.45) is 3.07. The third-order valence-corrected chi connectivity index (χ3v) is 4.89. The molecule has 1 N–H and O–H groups in total. The van der Waals surface area contributed by atoms with Crippen LogP contribution in [0.25, 0.3) is 5.65 Å². The molecule has 0 saturated heterocycles. The van der Waals surface area contributed by atoms with Crippen molar-refractivity contribution in [1.29, 1.82) is 0 Å². The number of fused-ring (bicyclic) bond motifs is 1. The number of hydrogen-bond donors (Lipinski definition) is 1. The summed E-state index contributed by atoms with van der Waals surface area (Å²) in [5.74, 6) is 0.847. The summed E-state index contributed by atoms with van der Waals surface area (Å²) in [5, 5.41) is 11.6. The number of hydrogen-bond acceptors (Lipinski definition) is 7. The minimum Gasteiger partial charge on any atom is -0.482 e. The largest absolute Gasteiger partial charge is 0.482 e. The molecule has 9 heteroatoms. The molecule has 2 aromatic rings. The molecule has 0 bridgehead atoms. The van der Waals surface area contributed by atoms with Gasteiger partial charge in [0.05, 0.1) is 19.8 Å². The molecule has 0 aromatic carbocycles. The lowest BCUT2D eigenvalue weighted by atomic mass is 9.85. The highest BCUT2D eigenvalue weighted by Crippen LogP contribution is 2.34. The highest BCUT2D eigenvalue weighted by Gasteiger charge is 2.30. The summed E-state index contributed by atoms with van der Waals surface area (Å²) in [7, 11) is 2.86. The van der Waals surface area contributed by atoms with Gasteiger partial charge in [-0.3, -0.25) is 0 Å². The Morgan fingerprint density at radius 2 is 1.93 bits per heavy atom. The SMILES string of the molecule is COC(=O)c1cc(OC)n2c([C@H]3CCC[C@@H](NC(=O)OC(C)(C)C)C3)nnc2c1. The number of alkyl carbamates (subject to hydrolysis) is 1. The van der Waals surface area contributed by atoms with Crippen molar-refractivity contribution in [2.75, 3.05) is 14.2 Å². The van der Waals surface area contributed by atoms with E-state index in [9.17, 15) is 9.59 Å². The van der Waals surface area contributed by atoms with Crippen molar-refractivity contribution in [2.45, 2.75) is 64.0 Å². The quantitative estimate of drug-likeness (QED) is 0.781. The second-order valence-electron chi connectivity index (χ2n) is 8.24. The minimum atomic E-state index is -0.536. The van der Waals surface area contributed by atoms with Gasteiger partial charge in [0, 0.05) is 18.0 Å². The standard InChI is InChI=1S/C20H28N4O5/c1-20(2,3)29-19(26)21-14-8-6-7-12(9-14)17-23-22-15-10-13(18(25)28-5)11-16(27-4)24(15)17/h10-12,14H,6-9H2,1-5H3,(H,21,26)/t12-,14+/m0/s1. The fraction of sp³-hybridized carbons (Fsp3) is 0.600. The summed E-state index contributed by atoms with van der Waals surface area (Å²) in [6, 6.07) is 3.24. The molecule has 2 aromatic heterocycles. The van der Waals surface area contributed by atoms with E-state index >= 15 is 0 Å². The Morgan fingerprint density at radius 3 is 2.59 bits per heavy atom. The third-order valence-electron chi connectivity index (χ3n) is 4.89. The maximum atomic E-state index is 12.1. The monoisotopic (exact) mass is 404 g/mol. The third kappa shape index (κ3) is 4.78. The van der Waals surface area contributed by atoms with E-state index in [1.54, 1.807) is 12.1 Å². The number of aromatic nitrogens is 3. The minimum absolute atomic E-state index is 0.00344. The maximum Gasteiger partial charge on any atom is 0.407 e. The number of esters is 1. The zero-order chi connectivity index (χ0) is 21.2. The van der Waals surface area contributed by atoms with Crippen LogP contribution in [0.1, 0.15) is 68.6 Å². The van der Waals surface area contributed by atoms with Gasteiger partial charge in [-0.05, 0) is 46.1 Å². The van der Waals surface area contributed by atoms with E-state index in [0.29, 0.717) is 17.1 Å². The van der Waals surface area contributed by atoms with Crippen LogP contribution < -0.4 is 10.1 Å². The van der Waals surface area contributed by atoms with Gasteiger partial charge in [0.25, 0.3) is 0 Å². The van der Waals surface area contributed by atoms with Gasteiger partial charge in [0.15, 0.2) is 5.65 Å². The Bertz CT molecular complexity index is 902. The van der Waals surface area contributed by atoms with E-state index in [1.165, 1.54) is 14.2 Å². The number of methoxy groups -OCH3 is 2. The molecule has 1 fully saturated rings. The number of nitrogens with zero attached hydrogens (tertiary/aromatic N) is 3. The van der Waals surface area contributed by atoms with Crippen LogP contribution in [0.5, 0.6) is 5.88 Å². The van der Waals surface area contributed by atoms with Gasteiger partial charge < -0.3 is 19.5 Å². The molecule has 1 saturated carbocycles. The molecular weight excluding hydrogens is 376 g/mol. The lowest BCUT2D eigenvalue weighted by Crippen LogP contribution is -2.41. The first-order valence-corrected chi connectivity index (χ1v) is 9.72. The van der Waals surface area contributed by atoms with Crippen molar-refractivity contribution in [1.82, 2.24) is 19.9 Å². The van der Waals surface area contributed by atoms with E-state index in [4.69, 9.17) is 14.2 Å². The Labute approximate surface area is 169 Å². The first kappa shape index (κ1) is 20.9. The molecule has 158 valence electrons. The predicted octanol–water partition coefficient (Wildman–Crippen LogP) is 3.08. The van der Waals surface area contributed by atoms with Crippen LogP contribution in [0.2, 0.25) is 0 Å². The van der Waals surface area contributed by atoms with Gasteiger partial charge >= 0.3 is 12.1 Å². The molecule has 1 aliphatic rings. The number of rotatable bonds is 4. The summed E-state index contributed by atoms with van der Waals surface area (Å²) in [6.45, 7) is 5.52. The van der Waals surface area contributed by atoms with E-state index < -0.39 is 17.7 Å². The molecule has 2 atom stereocenters. The molecule has 3 rings (SSSR count). The molecule has 29 heavy (non-hydrogen) atoms. The van der Waals surface area contributed by atoms with Crippen LogP contribution in [-0.4, -0.2) is 52.5 Å². The normalized spacial score (nSPS) is 19.6. The van der Waals surface area contributed by atoms with E-state index in [1.807, 2.05) is 25.2 Å². The Kier molecular flexibility index (Phi) is 5.95. The number of ether oxygens (including phenoxy) is 3. The zero-order valence-corrected chi connectivity index (χ0v) is 17.5. The number of carbonyl (C=O) groups is 2. The van der Waals surface area contributed by atoms with Crippen molar-refractivity contribution in [3.63, 3.8) is 0 Å². The van der Waals surface area contributed by atoms with Gasteiger partial charge in [0.1, 0.15) is 11.4 Å². The van der Waals surface area contributed by atoms with Crippen LogP contribution in [0, 0.1) is 0 Å². The fourth-order valence-electron chi connectivity index (χ4n) is 3.69. The highest BCUT2D eigenvalue weighted by atomic mass is 16.6. The smallest absolute Gasteiger partial charge is 0.407 e. The van der Waals surface area contributed by atoms with Gasteiger partial charge in [-0.1, -0.05) is 6.42 Å². The van der Waals surface area contributed by atoms with E-state index in [-0.39, 0.29) is 12.0 Å². The second-order valence-corrected chi connectivity index (χ2v) is 8.24. The first-order chi connectivity index (χ1) is 13.7. The number of nitrogens with one attached hydrogen (secondary N) is 1. The first-order valence-electron chi connectivity index (χ1n) is 9.72. The molecule has 0 spiro atoms. The van der Waals surface area contributed by atoms with Gasteiger partial charge in [-0.15, -0.1) is 10.2 Å². The zero-order valence-electron chi connectivity index (χ0n) is 17.5. The molecule has 0 unspecified atom stereocenters. The van der Waals surface area contributed by atoms with Crippen molar-refractivity contribution >= 4 is 17.7 Å². The van der Waals surface area contributed by atoms with Crippen LogP contribution in [0.15, 0.2) is 12.1 Å². The van der Waals surface area contributed by atoms with Crippen molar-refractivity contribution in [3.8, 4) is 5.88 Å². The molecule has 1 aliphatic carbocycles. The molecule has 0 radical (unpaired) electrons. The average Bonchev–Trinajstić information content (AvgIpc) is 3.09. The number of carbonyl (C=O) groups excluding carboxylic acids is 2. The summed E-state index contributed by atoms with van der Waals surface area (Å²) < 4.78 is 17.5. The van der Waals surface area contributed by atoms with Crippen LogP contribution in [0.3, 0.4) is 0 Å². The average molecular weight is 404 g/mol. The lowest BCUT2D eigenvalue weighted by Gasteiger charge is -2.30. The predicted molar refractivity (Wildman–Crippen MR) is 105 cm³/mol. The fourth-order valence-corrected chi connectivity index (χ4v) is 3.69. The molecule has 9 nitrogen and oxygen atoms in total. The lowest BCUT2D eigenvalue weighted by molar-refractivity contribution is 0.0489.